The van der Waals surface area contributed by atoms with E-state index in [0.717, 1.165) is 30.6 Å². The molecule has 0 aromatic heterocycles. The highest BCUT2D eigenvalue weighted by Crippen LogP contribution is 2.14. The molecule has 124 valence electrons. The standard InChI is InChI=1S/C21H23NO2/c1-3-4-14-22-20(18-8-6-5-7-9-18)15-21(24)19-12-10-17(11-13-19)16(2)23/h5-13,15,22H,3-4,14H2,1-2H3/b20-15-. The molecule has 0 aliphatic heterocycles. The molecule has 2 aromatic carbocycles. The first kappa shape index (κ1) is 17.7. The van der Waals surface area contributed by atoms with Gasteiger partial charge in [-0.1, -0.05) is 67.9 Å². The Balaban J connectivity index is 2.23. The molecular formula is C21H23NO2. The van der Waals surface area contributed by atoms with Crippen LogP contribution >= 0.6 is 0 Å². The van der Waals surface area contributed by atoms with Crippen LogP contribution in [0.2, 0.25) is 0 Å². The van der Waals surface area contributed by atoms with E-state index in [4.69, 9.17) is 0 Å². The molecule has 0 saturated heterocycles. The van der Waals surface area contributed by atoms with Gasteiger partial charge in [0.15, 0.2) is 11.6 Å². The number of hydrogen-bond donors (Lipinski definition) is 1. The van der Waals surface area contributed by atoms with Crippen molar-refractivity contribution in [2.45, 2.75) is 26.7 Å². The Kier molecular flexibility index (Phi) is 6.50. The second-order valence-corrected chi connectivity index (χ2v) is 5.70. The predicted octanol–water partition coefficient (Wildman–Crippen LogP) is 4.50. The fraction of sp³-hybridized carbons (Fsp3) is 0.238. The van der Waals surface area contributed by atoms with E-state index in [-0.39, 0.29) is 11.6 Å². The van der Waals surface area contributed by atoms with E-state index in [1.54, 1.807) is 30.3 Å². The molecule has 0 aliphatic rings. The Morgan fingerprint density at radius 3 is 2.12 bits per heavy atom. The lowest BCUT2D eigenvalue weighted by atomic mass is 10.0. The largest absolute Gasteiger partial charge is 0.384 e. The average molecular weight is 321 g/mol. The summed E-state index contributed by atoms with van der Waals surface area (Å²) >= 11 is 0. The molecule has 3 nitrogen and oxygen atoms in total. The van der Waals surface area contributed by atoms with Gasteiger partial charge in [0.2, 0.25) is 0 Å². The van der Waals surface area contributed by atoms with Crippen molar-refractivity contribution in [3.8, 4) is 0 Å². The Labute approximate surface area is 143 Å². The van der Waals surface area contributed by atoms with Gasteiger partial charge in [0, 0.05) is 29.4 Å². The van der Waals surface area contributed by atoms with Crippen LogP contribution in [-0.4, -0.2) is 18.1 Å². The number of rotatable bonds is 8. The summed E-state index contributed by atoms with van der Waals surface area (Å²) in [6.07, 6.45) is 3.77. The molecule has 2 aromatic rings. The number of carbonyl (C=O) groups excluding carboxylic acids is 2. The Bertz CT molecular complexity index is 715. The van der Waals surface area contributed by atoms with Crippen LogP contribution in [0, 0.1) is 0 Å². The van der Waals surface area contributed by atoms with Crippen molar-refractivity contribution in [1.82, 2.24) is 5.32 Å². The zero-order chi connectivity index (χ0) is 17.4. The Morgan fingerprint density at radius 2 is 1.54 bits per heavy atom. The molecule has 1 N–H and O–H groups in total. The van der Waals surface area contributed by atoms with Gasteiger partial charge in [-0.25, -0.2) is 0 Å². The molecule has 0 bridgehead atoms. The smallest absolute Gasteiger partial charge is 0.187 e. The van der Waals surface area contributed by atoms with Crippen molar-refractivity contribution in [1.29, 1.82) is 0 Å². The molecule has 0 atom stereocenters. The van der Waals surface area contributed by atoms with Crippen LogP contribution in [0.1, 0.15) is 53.0 Å². The lowest BCUT2D eigenvalue weighted by Crippen LogP contribution is -2.15. The van der Waals surface area contributed by atoms with Gasteiger partial charge in [0.05, 0.1) is 0 Å². The average Bonchev–Trinajstić information content (AvgIpc) is 2.61. The molecule has 0 radical (unpaired) electrons. The number of nitrogens with one attached hydrogen (secondary N) is 1. The first-order chi connectivity index (χ1) is 11.6. The lowest BCUT2D eigenvalue weighted by molar-refractivity contribution is 0.101. The topological polar surface area (TPSA) is 46.2 Å². The molecule has 3 heteroatoms. The summed E-state index contributed by atoms with van der Waals surface area (Å²) in [6, 6.07) is 16.6. The highest BCUT2D eigenvalue weighted by atomic mass is 16.1. The van der Waals surface area contributed by atoms with Crippen LogP contribution in [0.15, 0.2) is 60.7 Å². The van der Waals surface area contributed by atoms with Crippen molar-refractivity contribution in [2.75, 3.05) is 6.54 Å². The maximum atomic E-state index is 12.5. The third-order valence-electron chi connectivity index (χ3n) is 3.78. The number of unbranched alkanes of at least 4 members (excludes halogenated alkanes) is 1. The fourth-order valence-electron chi connectivity index (χ4n) is 2.34. The second-order valence-electron chi connectivity index (χ2n) is 5.70. The summed E-state index contributed by atoms with van der Waals surface area (Å²) < 4.78 is 0. The van der Waals surface area contributed by atoms with E-state index in [0.29, 0.717) is 11.1 Å². The second kappa shape index (κ2) is 8.82. The lowest BCUT2D eigenvalue weighted by Gasteiger charge is -2.11. The van der Waals surface area contributed by atoms with Gasteiger partial charge < -0.3 is 5.32 Å². The van der Waals surface area contributed by atoms with Crippen LogP contribution in [0.25, 0.3) is 5.70 Å². The summed E-state index contributed by atoms with van der Waals surface area (Å²) in [7, 11) is 0. The molecule has 0 unspecified atom stereocenters. The van der Waals surface area contributed by atoms with Gasteiger partial charge in [-0.15, -0.1) is 0 Å². The highest BCUT2D eigenvalue weighted by molar-refractivity contribution is 6.08. The van der Waals surface area contributed by atoms with E-state index >= 15 is 0 Å². The van der Waals surface area contributed by atoms with Crippen LogP contribution < -0.4 is 5.32 Å². The van der Waals surface area contributed by atoms with Gasteiger partial charge in [0.25, 0.3) is 0 Å². The number of benzene rings is 2. The van der Waals surface area contributed by atoms with Crippen molar-refractivity contribution in [2.24, 2.45) is 0 Å². The molecular weight excluding hydrogens is 298 g/mol. The Hall–Kier alpha value is -2.68. The van der Waals surface area contributed by atoms with E-state index in [1.807, 2.05) is 30.3 Å². The summed E-state index contributed by atoms with van der Waals surface area (Å²) in [6.45, 7) is 4.48. The molecule has 0 spiro atoms. The number of Topliss-reactive ketones (excluding diaryl/α,β-unsaturated/α-hetero) is 1. The minimum absolute atomic E-state index is 0.00394. The van der Waals surface area contributed by atoms with Crippen molar-refractivity contribution >= 4 is 17.3 Å². The molecule has 0 fully saturated rings. The SMILES string of the molecule is CCCCN/C(=C\C(=O)c1ccc(C(C)=O)cc1)c1ccccc1. The monoisotopic (exact) mass is 321 g/mol. The number of ketones is 2. The minimum Gasteiger partial charge on any atom is -0.384 e. The number of allylic oxidation sites excluding steroid dienone is 1. The first-order valence-electron chi connectivity index (χ1n) is 8.28. The zero-order valence-corrected chi connectivity index (χ0v) is 14.2. The van der Waals surface area contributed by atoms with Crippen molar-refractivity contribution < 1.29 is 9.59 Å². The summed E-state index contributed by atoms with van der Waals surface area (Å²) in [5.74, 6) is -0.0799. The van der Waals surface area contributed by atoms with Crippen LogP contribution in [0.5, 0.6) is 0 Å². The molecule has 0 amide bonds. The van der Waals surface area contributed by atoms with Gasteiger partial charge in [-0.3, -0.25) is 9.59 Å². The predicted molar refractivity (Wildman–Crippen MR) is 98.1 cm³/mol. The quantitative estimate of drug-likeness (QED) is 0.442. The van der Waals surface area contributed by atoms with Gasteiger partial charge in [-0.2, -0.15) is 0 Å². The van der Waals surface area contributed by atoms with Gasteiger partial charge in [0.1, 0.15) is 0 Å². The van der Waals surface area contributed by atoms with Gasteiger partial charge in [-0.05, 0) is 18.9 Å². The number of carbonyl (C=O) groups is 2. The van der Waals surface area contributed by atoms with E-state index in [2.05, 4.69) is 12.2 Å². The van der Waals surface area contributed by atoms with Crippen molar-refractivity contribution in [3.05, 3.63) is 77.4 Å². The molecule has 2 rings (SSSR count). The van der Waals surface area contributed by atoms with Crippen LogP contribution in [-0.2, 0) is 0 Å². The highest BCUT2D eigenvalue weighted by Gasteiger charge is 2.08. The zero-order valence-electron chi connectivity index (χ0n) is 14.2. The van der Waals surface area contributed by atoms with Crippen molar-refractivity contribution in [3.63, 3.8) is 0 Å². The van der Waals surface area contributed by atoms with Crippen LogP contribution in [0.4, 0.5) is 0 Å². The molecule has 24 heavy (non-hydrogen) atoms. The van der Waals surface area contributed by atoms with Crippen LogP contribution in [0.3, 0.4) is 0 Å². The normalized spacial score (nSPS) is 11.2. The summed E-state index contributed by atoms with van der Waals surface area (Å²) in [4.78, 5) is 23.9. The first-order valence-corrected chi connectivity index (χ1v) is 8.28. The van der Waals surface area contributed by atoms with Gasteiger partial charge >= 0.3 is 0 Å². The Morgan fingerprint density at radius 1 is 0.917 bits per heavy atom. The third-order valence-corrected chi connectivity index (χ3v) is 3.78. The summed E-state index contributed by atoms with van der Waals surface area (Å²) in [5, 5.41) is 3.35. The number of hydrogen-bond acceptors (Lipinski definition) is 3. The van der Waals surface area contributed by atoms with E-state index in [1.165, 1.54) is 6.92 Å². The molecule has 0 heterocycles. The third kappa shape index (κ3) is 4.92. The minimum atomic E-state index is -0.0760. The molecule has 0 saturated carbocycles. The molecule has 0 aliphatic carbocycles. The van der Waals surface area contributed by atoms with E-state index in [9.17, 15) is 9.59 Å². The maximum Gasteiger partial charge on any atom is 0.187 e. The van der Waals surface area contributed by atoms with E-state index < -0.39 is 0 Å². The summed E-state index contributed by atoms with van der Waals surface area (Å²) in [5.41, 5.74) is 3.00. The maximum absolute atomic E-state index is 12.5. The fourth-order valence-corrected chi connectivity index (χ4v) is 2.34.